The van der Waals surface area contributed by atoms with Gasteiger partial charge in [0, 0.05) is 0 Å². The van der Waals surface area contributed by atoms with Crippen molar-refractivity contribution in [1.29, 1.82) is 0 Å². The van der Waals surface area contributed by atoms with Crippen LogP contribution in [0.15, 0.2) is 60.7 Å². The van der Waals surface area contributed by atoms with Crippen LogP contribution in [-0.2, 0) is 20.8 Å². The second-order valence-electron chi connectivity index (χ2n) is 4.28. The summed E-state index contributed by atoms with van der Waals surface area (Å²) in [5.74, 6) is 0. The SMILES string of the molecule is Cc1cc2c(-c3ccccc3)cccc2[cH-]1.[Cl][Zr][Cl]. The first kappa shape index (κ1) is 14.9. The summed E-state index contributed by atoms with van der Waals surface area (Å²) in [7, 11) is 9.87. The Morgan fingerprint density at radius 3 is 2.32 bits per heavy atom. The number of halogens is 2. The molecule has 0 aliphatic rings. The van der Waals surface area contributed by atoms with Gasteiger partial charge in [-0.1, -0.05) is 48.9 Å². The molecule has 0 spiro atoms. The van der Waals surface area contributed by atoms with Gasteiger partial charge in [0.15, 0.2) is 0 Å². The zero-order chi connectivity index (χ0) is 13.7. The van der Waals surface area contributed by atoms with Gasteiger partial charge in [0.25, 0.3) is 0 Å². The Morgan fingerprint density at radius 2 is 1.63 bits per heavy atom. The van der Waals surface area contributed by atoms with Crippen LogP contribution in [0.2, 0.25) is 0 Å². The summed E-state index contributed by atoms with van der Waals surface area (Å²) in [5.41, 5.74) is 3.95. The maximum absolute atomic E-state index is 4.93. The minimum absolute atomic E-state index is 0.826. The van der Waals surface area contributed by atoms with E-state index in [1.54, 1.807) is 0 Å². The average Bonchev–Trinajstić information content (AvgIpc) is 2.80. The van der Waals surface area contributed by atoms with Gasteiger partial charge >= 0.3 is 37.9 Å². The van der Waals surface area contributed by atoms with E-state index in [2.05, 4.69) is 67.6 Å². The molecule has 19 heavy (non-hydrogen) atoms. The van der Waals surface area contributed by atoms with Crippen LogP contribution in [0.3, 0.4) is 0 Å². The van der Waals surface area contributed by atoms with E-state index in [-0.39, 0.29) is 0 Å². The molecule has 96 valence electrons. The summed E-state index contributed by atoms with van der Waals surface area (Å²) >= 11 is -0.826. The Balaban J connectivity index is 0.000000408. The second kappa shape index (κ2) is 7.34. The van der Waals surface area contributed by atoms with Crippen molar-refractivity contribution < 1.29 is 20.8 Å². The zero-order valence-corrected chi connectivity index (χ0v) is 14.5. The van der Waals surface area contributed by atoms with Crippen LogP contribution >= 0.6 is 17.0 Å². The molecule has 3 aromatic carbocycles. The first-order chi connectivity index (χ1) is 9.26. The molecule has 0 atom stereocenters. The molecular formula is C16H13Cl2Zr-. The van der Waals surface area contributed by atoms with Gasteiger partial charge in [-0.2, -0.15) is 6.07 Å². The van der Waals surface area contributed by atoms with Gasteiger partial charge in [0.1, 0.15) is 0 Å². The van der Waals surface area contributed by atoms with E-state index < -0.39 is 20.8 Å². The van der Waals surface area contributed by atoms with Gasteiger partial charge in [0.05, 0.1) is 0 Å². The van der Waals surface area contributed by atoms with Crippen LogP contribution in [0, 0.1) is 6.92 Å². The predicted octanol–water partition coefficient (Wildman–Crippen LogP) is 5.91. The van der Waals surface area contributed by atoms with E-state index in [1.165, 1.54) is 27.5 Å². The van der Waals surface area contributed by atoms with Crippen molar-refractivity contribution in [2.24, 2.45) is 0 Å². The Morgan fingerprint density at radius 1 is 0.947 bits per heavy atom. The van der Waals surface area contributed by atoms with E-state index in [0.29, 0.717) is 0 Å². The molecule has 0 nitrogen and oxygen atoms in total. The molecule has 3 aromatic rings. The molecule has 0 saturated carbocycles. The molecule has 0 amide bonds. The van der Waals surface area contributed by atoms with E-state index in [1.807, 2.05) is 0 Å². The number of rotatable bonds is 1. The first-order valence-corrected chi connectivity index (χ1v) is 12.3. The predicted molar refractivity (Wildman–Crippen MR) is 81.4 cm³/mol. The minimum atomic E-state index is -0.826. The fourth-order valence-electron chi connectivity index (χ4n) is 2.25. The van der Waals surface area contributed by atoms with Gasteiger partial charge < -0.3 is 0 Å². The third kappa shape index (κ3) is 3.75. The molecule has 3 rings (SSSR count). The first-order valence-electron chi connectivity index (χ1n) is 5.94. The van der Waals surface area contributed by atoms with Crippen molar-refractivity contribution in [1.82, 2.24) is 0 Å². The zero-order valence-electron chi connectivity index (χ0n) is 10.5. The molecule has 3 heteroatoms. The van der Waals surface area contributed by atoms with E-state index >= 15 is 0 Å². The molecular weight excluding hydrogens is 354 g/mol. The molecule has 0 aromatic heterocycles. The molecule has 0 aliphatic carbocycles. The summed E-state index contributed by atoms with van der Waals surface area (Å²) in [6.45, 7) is 2.15. The van der Waals surface area contributed by atoms with E-state index in [0.717, 1.165) is 0 Å². The topological polar surface area (TPSA) is 0 Å². The van der Waals surface area contributed by atoms with Crippen molar-refractivity contribution in [2.75, 3.05) is 0 Å². The molecule has 0 aliphatic heterocycles. The van der Waals surface area contributed by atoms with Gasteiger partial charge in [0.2, 0.25) is 0 Å². The number of hydrogen-bond donors (Lipinski definition) is 0. The average molecular weight is 367 g/mol. The molecule has 0 radical (unpaired) electrons. The third-order valence-corrected chi connectivity index (χ3v) is 2.98. The van der Waals surface area contributed by atoms with Crippen molar-refractivity contribution in [3.63, 3.8) is 0 Å². The van der Waals surface area contributed by atoms with Gasteiger partial charge in [-0.25, -0.2) is 0 Å². The molecule has 0 saturated heterocycles. The Labute approximate surface area is 132 Å². The molecule has 0 unspecified atom stereocenters. The van der Waals surface area contributed by atoms with E-state index in [9.17, 15) is 0 Å². The molecule has 0 fully saturated rings. The van der Waals surface area contributed by atoms with Crippen LogP contribution in [0.1, 0.15) is 5.56 Å². The monoisotopic (exact) mass is 365 g/mol. The third-order valence-electron chi connectivity index (χ3n) is 2.98. The Hall–Kier alpha value is -0.487. The number of fused-ring (bicyclic) bond motifs is 1. The normalized spacial score (nSPS) is 9.84. The van der Waals surface area contributed by atoms with Crippen molar-refractivity contribution >= 4 is 27.8 Å². The van der Waals surface area contributed by atoms with Crippen molar-refractivity contribution in [2.45, 2.75) is 6.92 Å². The Kier molecular flexibility index (Phi) is 5.76. The maximum atomic E-state index is 4.93. The summed E-state index contributed by atoms with van der Waals surface area (Å²) in [4.78, 5) is 0. The fraction of sp³-hybridized carbons (Fsp3) is 0.0625. The fourth-order valence-corrected chi connectivity index (χ4v) is 2.25. The number of aryl methyl sites for hydroxylation is 1. The van der Waals surface area contributed by atoms with E-state index in [4.69, 9.17) is 17.0 Å². The van der Waals surface area contributed by atoms with Gasteiger partial charge in [-0.15, -0.1) is 34.5 Å². The van der Waals surface area contributed by atoms with Crippen LogP contribution in [0.5, 0.6) is 0 Å². The van der Waals surface area contributed by atoms with Crippen molar-refractivity contribution in [3.05, 3.63) is 66.2 Å². The number of hydrogen-bond acceptors (Lipinski definition) is 0. The second-order valence-corrected chi connectivity index (χ2v) is 8.01. The Bertz CT molecular complexity index is 644. The standard InChI is InChI=1S/C16H13.2ClH.Zr/c1-12-10-14-8-5-9-15(16(14)11-12)13-6-3-2-4-7-13;;;/h2-11H,1H3;2*1H;/q-1;;;+2/p-2. The number of benzene rings is 2. The van der Waals surface area contributed by atoms with Crippen LogP contribution < -0.4 is 0 Å². The van der Waals surface area contributed by atoms with Crippen LogP contribution in [0.25, 0.3) is 21.9 Å². The summed E-state index contributed by atoms with van der Waals surface area (Å²) in [5, 5.41) is 2.69. The summed E-state index contributed by atoms with van der Waals surface area (Å²) in [6.07, 6.45) is 0. The molecule has 0 bridgehead atoms. The molecule has 0 heterocycles. The van der Waals surface area contributed by atoms with Crippen LogP contribution in [0.4, 0.5) is 0 Å². The quantitative estimate of drug-likeness (QED) is 0.469. The molecule has 0 N–H and O–H groups in total. The van der Waals surface area contributed by atoms with Gasteiger partial charge in [-0.3, -0.25) is 0 Å². The van der Waals surface area contributed by atoms with Crippen LogP contribution in [-0.4, -0.2) is 0 Å². The summed E-state index contributed by atoms with van der Waals surface area (Å²) in [6, 6.07) is 21.6. The summed E-state index contributed by atoms with van der Waals surface area (Å²) < 4.78 is 0. The van der Waals surface area contributed by atoms with Gasteiger partial charge in [-0.05, 0) is 5.56 Å². The van der Waals surface area contributed by atoms with Crippen molar-refractivity contribution in [3.8, 4) is 11.1 Å².